The Bertz CT molecular complexity index is 1020. The van der Waals surface area contributed by atoms with Crippen LogP contribution < -0.4 is 10.6 Å². The van der Waals surface area contributed by atoms with Gasteiger partial charge in [-0.2, -0.15) is 0 Å². The first-order chi connectivity index (χ1) is 15.7. The molecule has 0 aliphatic carbocycles. The molecule has 3 aromatic rings. The van der Waals surface area contributed by atoms with Crippen LogP contribution in [0.4, 0.5) is 0 Å². The topological polar surface area (TPSA) is 63.5 Å². The second-order valence-electron chi connectivity index (χ2n) is 8.53. The Morgan fingerprint density at radius 2 is 1.81 bits per heavy atom. The van der Waals surface area contributed by atoms with Gasteiger partial charge in [0.05, 0.1) is 17.6 Å². The Morgan fingerprint density at radius 1 is 1.06 bits per heavy atom. The molecule has 1 saturated heterocycles. The molecule has 0 radical (unpaired) electrons. The molecule has 6 heteroatoms. The molecule has 170 valence electrons. The van der Waals surface area contributed by atoms with E-state index in [1.807, 2.05) is 6.07 Å². The Labute approximate surface area is 191 Å². The maximum atomic E-state index is 5.67. The first kappa shape index (κ1) is 22.3. The molecule has 0 bridgehead atoms. The lowest BCUT2D eigenvalue weighted by atomic mass is 9.74. The summed E-state index contributed by atoms with van der Waals surface area (Å²) < 4.78 is 7.97. The summed E-state index contributed by atoms with van der Waals surface area (Å²) in [6.07, 6.45) is 3.02. The van der Waals surface area contributed by atoms with E-state index in [2.05, 4.69) is 82.6 Å². The molecule has 6 nitrogen and oxygen atoms in total. The minimum absolute atomic E-state index is 0.0503. The third-order valence-corrected chi connectivity index (χ3v) is 6.42. The van der Waals surface area contributed by atoms with E-state index >= 15 is 0 Å². The van der Waals surface area contributed by atoms with E-state index in [1.165, 1.54) is 11.1 Å². The fraction of sp³-hybridized carbons (Fsp3) is 0.462. The predicted molar refractivity (Wildman–Crippen MR) is 131 cm³/mol. The van der Waals surface area contributed by atoms with Crippen LogP contribution in [-0.4, -0.2) is 48.4 Å². The van der Waals surface area contributed by atoms with Gasteiger partial charge in [0.15, 0.2) is 5.96 Å². The molecular formula is C26H35N5O. The summed E-state index contributed by atoms with van der Waals surface area (Å²) in [5.74, 6) is 1.96. The third-order valence-electron chi connectivity index (χ3n) is 6.42. The number of fused-ring (bicyclic) bond motifs is 1. The number of para-hydroxylation sites is 2. The second kappa shape index (κ2) is 10.6. The van der Waals surface area contributed by atoms with Crippen LogP contribution in [0, 0.1) is 6.92 Å². The van der Waals surface area contributed by atoms with Crippen molar-refractivity contribution in [2.45, 2.75) is 45.1 Å². The lowest BCUT2D eigenvalue weighted by molar-refractivity contribution is 0.0531. The average molecular weight is 434 g/mol. The highest BCUT2D eigenvalue weighted by Crippen LogP contribution is 2.35. The van der Waals surface area contributed by atoms with Gasteiger partial charge in [-0.25, -0.2) is 4.98 Å². The van der Waals surface area contributed by atoms with Crippen LogP contribution in [0.2, 0.25) is 0 Å². The highest BCUT2D eigenvalue weighted by atomic mass is 16.5. The van der Waals surface area contributed by atoms with E-state index in [-0.39, 0.29) is 5.41 Å². The van der Waals surface area contributed by atoms with Crippen molar-refractivity contribution in [2.24, 2.45) is 4.99 Å². The highest BCUT2D eigenvalue weighted by molar-refractivity contribution is 5.79. The van der Waals surface area contributed by atoms with Gasteiger partial charge >= 0.3 is 0 Å². The number of ether oxygens (including phenoxy) is 1. The molecular weight excluding hydrogens is 398 g/mol. The number of nitrogens with one attached hydrogen (secondary N) is 2. The number of aryl methyl sites for hydroxylation is 2. The average Bonchev–Trinajstić information content (AvgIpc) is 3.16. The van der Waals surface area contributed by atoms with Crippen LogP contribution >= 0.6 is 0 Å². The quantitative estimate of drug-likeness (QED) is 0.320. The maximum absolute atomic E-state index is 5.67. The van der Waals surface area contributed by atoms with Crippen LogP contribution in [-0.2, 0) is 16.7 Å². The van der Waals surface area contributed by atoms with E-state index in [1.54, 1.807) is 0 Å². The van der Waals surface area contributed by atoms with Crippen molar-refractivity contribution >= 4 is 17.0 Å². The Kier molecular flexibility index (Phi) is 7.43. The fourth-order valence-electron chi connectivity index (χ4n) is 4.59. The first-order valence-electron chi connectivity index (χ1n) is 11.8. The standard InChI is InChI=1S/C26H35N5O/c1-3-27-25(28-16-9-17-31-21(2)30-23-12-7-8-13-24(23)31)29-20-26(14-18-32-19-15-26)22-10-5-4-6-11-22/h4-8,10-13H,3,9,14-20H2,1-2H3,(H2,27,28,29). The molecule has 2 aromatic carbocycles. The number of imidazole rings is 1. The van der Waals surface area contributed by atoms with Gasteiger partial charge in [-0.05, 0) is 50.8 Å². The number of hydrogen-bond acceptors (Lipinski definition) is 3. The molecule has 1 aromatic heterocycles. The zero-order chi connectivity index (χ0) is 22.2. The van der Waals surface area contributed by atoms with Crippen LogP contribution in [0.3, 0.4) is 0 Å². The van der Waals surface area contributed by atoms with Crippen molar-refractivity contribution in [3.05, 3.63) is 66.0 Å². The second-order valence-corrected chi connectivity index (χ2v) is 8.53. The summed E-state index contributed by atoms with van der Waals surface area (Å²) in [5.41, 5.74) is 3.69. The molecule has 32 heavy (non-hydrogen) atoms. The monoisotopic (exact) mass is 433 g/mol. The smallest absolute Gasteiger partial charge is 0.191 e. The van der Waals surface area contributed by atoms with Gasteiger partial charge < -0.3 is 19.9 Å². The number of aromatic nitrogens is 2. The van der Waals surface area contributed by atoms with Gasteiger partial charge in [0, 0.05) is 38.3 Å². The van der Waals surface area contributed by atoms with Crippen molar-refractivity contribution in [2.75, 3.05) is 32.8 Å². The molecule has 0 atom stereocenters. The molecule has 4 rings (SSSR count). The minimum atomic E-state index is 0.0503. The SMILES string of the molecule is CCNC(=NCC1(c2ccccc2)CCOCC1)NCCCn1c(C)nc2ccccc21. The third kappa shape index (κ3) is 5.13. The van der Waals surface area contributed by atoms with Crippen LogP contribution in [0.5, 0.6) is 0 Å². The first-order valence-corrected chi connectivity index (χ1v) is 11.8. The van der Waals surface area contributed by atoms with Gasteiger partial charge in [-0.3, -0.25) is 4.99 Å². The summed E-state index contributed by atoms with van der Waals surface area (Å²) in [6, 6.07) is 19.1. The molecule has 0 spiro atoms. The number of hydrogen-bond donors (Lipinski definition) is 2. The van der Waals surface area contributed by atoms with E-state index in [9.17, 15) is 0 Å². The van der Waals surface area contributed by atoms with Crippen LogP contribution in [0.15, 0.2) is 59.6 Å². The summed E-state index contributed by atoms with van der Waals surface area (Å²) in [6.45, 7) is 9.19. The zero-order valence-corrected chi connectivity index (χ0v) is 19.3. The van der Waals surface area contributed by atoms with Crippen LogP contribution in [0.25, 0.3) is 11.0 Å². The highest BCUT2D eigenvalue weighted by Gasteiger charge is 2.34. The molecule has 1 aliphatic heterocycles. The maximum Gasteiger partial charge on any atom is 0.191 e. The normalized spacial score (nSPS) is 16.2. The van der Waals surface area contributed by atoms with E-state index in [0.29, 0.717) is 0 Å². The summed E-state index contributed by atoms with van der Waals surface area (Å²) in [7, 11) is 0. The molecule has 2 N–H and O–H groups in total. The Morgan fingerprint density at radius 3 is 2.59 bits per heavy atom. The van der Waals surface area contributed by atoms with Gasteiger partial charge in [-0.15, -0.1) is 0 Å². The van der Waals surface area contributed by atoms with E-state index < -0.39 is 0 Å². The number of benzene rings is 2. The van der Waals surface area contributed by atoms with E-state index in [0.717, 1.165) is 76.0 Å². The Balaban J connectivity index is 1.39. The molecule has 0 amide bonds. The van der Waals surface area contributed by atoms with Gasteiger partial charge in [0.25, 0.3) is 0 Å². The van der Waals surface area contributed by atoms with Crippen molar-refractivity contribution in [1.82, 2.24) is 20.2 Å². The molecule has 2 heterocycles. The molecule has 1 fully saturated rings. The van der Waals surface area contributed by atoms with Crippen LogP contribution in [0.1, 0.15) is 37.6 Å². The molecule has 0 unspecified atom stereocenters. The lowest BCUT2D eigenvalue weighted by Crippen LogP contribution is -2.41. The minimum Gasteiger partial charge on any atom is -0.381 e. The summed E-state index contributed by atoms with van der Waals surface area (Å²) in [4.78, 5) is 9.68. The van der Waals surface area contributed by atoms with Crippen molar-refractivity contribution in [3.8, 4) is 0 Å². The summed E-state index contributed by atoms with van der Waals surface area (Å²) >= 11 is 0. The predicted octanol–water partition coefficient (Wildman–Crippen LogP) is 4.04. The molecule has 0 saturated carbocycles. The number of rotatable bonds is 8. The largest absolute Gasteiger partial charge is 0.381 e. The fourth-order valence-corrected chi connectivity index (χ4v) is 4.59. The van der Waals surface area contributed by atoms with Crippen molar-refractivity contribution < 1.29 is 4.74 Å². The molecule has 1 aliphatic rings. The zero-order valence-electron chi connectivity index (χ0n) is 19.3. The van der Waals surface area contributed by atoms with Crippen molar-refractivity contribution in [3.63, 3.8) is 0 Å². The number of guanidine groups is 1. The summed E-state index contributed by atoms with van der Waals surface area (Å²) in [5, 5.41) is 6.95. The lowest BCUT2D eigenvalue weighted by Gasteiger charge is -2.36. The number of nitrogens with zero attached hydrogens (tertiary/aromatic N) is 3. The van der Waals surface area contributed by atoms with Gasteiger partial charge in [0.2, 0.25) is 0 Å². The van der Waals surface area contributed by atoms with Crippen molar-refractivity contribution in [1.29, 1.82) is 0 Å². The van der Waals surface area contributed by atoms with Gasteiger partial charge in [-0.1, -0.05) is 42.5 Å². The Hall–Kier alpha value is -2.86. The number of aliphatic imine (C=N–C) groups is 1. The van der Waals surface area contributed by atoms with Gasteiger partial charge in [0.1, 0.15) is 5.82 Å². The van der Waals surface area contributed by atoms with E-state index in [4.69, 9.17) is 9.73 Å².